The van der Waals surface area contributed by atoms with Gasteiger partial charge in [-0.25, -0.2) is 4.79 Å². The molecule has 1 aromatic carbocycles. The highest BCUT2D eigenvalue weighted by molar-refractivity contribution is 7.57. The summed E-state index contributed by atoms with van der Waals surface area (Å²) in [5, 5.41) is 0.895. The maximum atomic E-state index is 12.2. The van der Waals surface area contributed by atoms with E-state index in [2.05, 4.69) is 4.98 Å². The fourth-order valence-electron chi connectivity index (χ4n) is 2.25. The maximum Gasteiger partial charge on any atom is 0.354 e. The molecular formula is C15H20NO4P. The molecule has 0 spiro atoms. The molecular weight excluding hydrogens is 289 g/mol. The molecule has 114 valence electrons. The third-order valence-corrected chi connectivity index (χ3v) is 4.80. The minimum atomic E-state index is -2.62. The van der Waals surface area contributed by atoms with Gasteiger partial charge in [0.1, 0.15) is 5.69 Å². The third-order valence-electron chi connectivity index (χ3n) is 3.05. The van der Waals surface area contributed by atoms with E-state index in [-0.39, 0.29) is 5.97 Å². The third kappa shape index (κ3) is 3.96. The zero-order chi connectivity index (χ0) is 15.5. The molecule has 0 aliphatic rings. The Balaban J connectivity index is 2.25. The van der Waals surface area contributed by atoms with Crippen molar-refractivity contribution in [2.75, 3.05) is 19.9 Å². The number of ether oxygens (including phenoxy) is 1. The lowest BCUT2D eigenvalue weighted by Gasteiger charge is -2.12. The van der Waals surface area contributed by atoms with E-state index in [0.29, 0.717) is 25.1 Å². The van der Waals surface area contributed by atoms with Crippen molar-refractivity contribution in [3.63, 3.8) is 0 Å². The van der Waals surface area contributed by atoms with Gasteiger partial charge < -0.3 is 14.2 Å². The Labute approximate surface area is 124 Å². The molecule has 1 atom stereocenters. The average molecular weight is 309 g/mol. The van der Waals surface area contributed by atoms with Gasteiger partial charge in [-0.1, -0.05) is 6.07 Å². The molecule has 0 radical (unpaired) electrons. The van der Waals surface area contributed by atoms with Crippen LogP contribution in [0.1, 0.15) is 29.9 Å². The summed E-state index contributed by atoms with van der Waals surface area (Å²) in [6.45, 7) is 6.02. The van der Waals surface area contributed by atoms with Crippen molar-refractivity contribution in [3.05, 3.63) is 35.5 Å². The minimum absolute atomic E-state index is 0.340. The summed E-state index contributed by atoms with van der Waals surface area (Å²) >= 11 is 0. The normalized spacial score (nSPS) is 14.0. The van der Waals surface area contributed by atoms with Gasteiger partial charge >= 0.3 is 5.97 Å². The largest absolute Gasteiger partial charge is 0.461 e. The van der Waals surface area contributed by atoms with Crippen LogP contribution in [0.4, 0.5) is 0 Å². The van der Waals surface area contributed by atoms with Crippen LogP contribution in [0.15, 0.2) is 24.3 Å². The first kappa shape index (κ1) is 15.8. The fraction of sp³-hybridized carbons (Fsp3) is 0.400. The predicted octanol–water partition coefficient (Wildman–Crippen LogP) is 3.79. The van der Waals surface area contributed by atoms with Crippen molar-refractivity contribution in [2.24, 2.45) is 0 Å². The van der Waals surface area contributed by atoms with E-state index in [1.807, 2.05) is 25.1 Å². The summed E-state index contributed by atoms with van der Waals surface area (Å²) in [6, 6.07) is 7.43. The molecule has 0 amide bonds. The van der Waals surface area contributed by atoms with Gasteiger partial charge in [-0.15, -0.1) is 0 Å². The Morgan fingerprint density at radius 3 is 2.67 bits per heavy atom. The number of aromatic amines is 1. The molecule has 1 aromatic heterocycles. The number of esters is 1. The number of fused-ring (bicyclic) bond motifs is 1. The molecule has 0 fully saturated rings. The lowest BCUT2D eigenvalue weighted by Crippen LogP contribution is -2.04. The van der Waals surface area contributed by atoms with Gasteiger partial charge in [0.2, 0.25) is 7.37 Å². The number of H-pyrrole nitrogens is 1. The molecule has 2 rings (SSSR count). The van der Waals surface area contributed by atoms with Crippen LogP contribution < -0.4 is 0 Å². The number of rotatable bonds is 6. The van der Waals surface area contributed by atoms with E-state index in [1.54, 1.807) is 19.7 Å². The molecule has 0 aliphatic carbocycles. The van der Waals surface area contributed by atoms with Crippen LogP contribution in [0, 0.1) is 0 Å². The number of hydrogen-bond acceptors (Lipinski definition) is 4. The van der Waals surface area contributed by atoms with Crippen molar-refractivity contribution in [1.29, 1.82) is 0 Å². The monoisotopic (exact) mass is 309 g/mol. The standard InChI is InChI=1S/C15H20NO4P/c1-4-19-15(17)14-9-12-8-11(6-7-13(12)16-14)10-21(3,18)20-5-2/h6-9,16H,4-5,10H2,1-3H3. The van der Waals surface area contributed by atoms with Gasteiger partial charge in [0.15, 0.2) is 0 Å². The van der Waals surface area contributed by atoms with E-state index in [1.165, 1.54) is 0 Å². The SMILES string of the molecule is CCOC(=O)c1cc2cc(CP(C)(=O)OCC)ccc2[nH]1. The van der Waals surface area contributed by atoms with Crippen LogP contribution in [0.25, 0.3) is 10.9 Å². The zero-order valence-corrected chi connectivity index (χ0v) is 13.4. The van der Waals surface area contributed by atoms with E-state index < -0.39 is 7.37 Å². The van der Waals surface area contributed by atoms with Crippen LogP contribution in [0.5, 0.6) is 0 Å². The number of benzene rings is 1. The lowest BCUT2D eigenvalue weighted by molar-refractivity contribution is 0.0520. The highest BCUT2D eigenvalue weighted by Gasteiger charge is 2.17. The highest BCUT2D eigenvalue weighted by Crippen LogP contribution is 2.46. The van der Waals surface area contributed by atoms with Gasteiger partial charge in [-0.3, -0.25) is 4.57 Å². The topological polar surface area (TPSA) is 68.4 Å². The van der Waals surface area contributed by atoms with Crippen molar-refractivity contribution < 1.29 is 18.6 Å². The number of carbonyl (C=O) groups is 1. The molecule has 1 N–H and O–H groups in total. The molecule has 6 heteroatoms. The average Bonchev–Trinajstić information content (AvgIpc) is 2.81. The molecule has 0 saturated heterocycles. The second-order valence-corrected chi connectivity index (χ2v) is 7.52. The second kappa shape index (κ2) is 6.46. The van der Waals surface area contributed by atoms with E-state index in [0.717, 1.165) is 16.5 Å². The van der Waals surface area contributed by atoms with Crippen molar-refractivity contribution >= 4 is 24.2 Å². The van der Waals surface area contributed by atoms with Gasteiger partial charge in [0.05, 0.1) is 13.2 Å². The highest BCUT2D eigenvalue weighted by atomic mass is 31.2. The van der Waals surface area contributed by atoms with E-state index >= 15 is 0 Å². The summed E-state index contributed by atoms with van der Waals surface area (Å²) in [5.41, 5.74) is 2.20. The Bertz CT molecular complexity index is 692. The number of nitrogens with one attached hydrogen (secondary N) is 1. The molecule has 2 aromatic rings. The molecule has 0 saturated carbocycles. The van der Waals surface area contributed by atoms with E-state index in [9.17, 15) is 9.36 Å². The molecule has 5 nitrogen and oxygen atoms in total. The zero-order valence-electron chi connectivity index (χ0n) is 12.5. The van der Waals surface area contributed by atoms with Gasteiger partial charge in [-0.2, -0.15) is 0 Å². The smallest absolute Gasteiger partial charge is 0.354 e. The predicted molar refractivity (Wildman–Crippen MR) is 83.1 cm³/mol. The number of hydrogen-bond donors (Lipinski definition) is 1. The quantitative estimate of drug-likeness (QED) is 0.651. The number of carbonyl (C=O) groups excluding carboxylic acids is 1. The number of aromatic nitrogens is 1. The van der Waals surface area contributed by atoms with Crippen LogP contribution >= 0.6 is 7.37 Å². The van der Waals surface area contributed by atoms with Crippen molar-refractivity contribution in [2.45, 2.75) is 20.0 Å². The van der Waals surface area contributed by atoms with Gasteiger partial charge in [0, 0.05) is 23.7 Å². The first-order valence-electron chi connectivity index (χ1n) is 6.95. The van der Waals surface area contributed by atoms with Crippen LogP contribution in [0.3, 0.4) is 0 Å². The van der Waals surface area contributed by atoms with Gasteiger partial charge in [0.25, 0.3) is 0 Å². The maximum absolute atomic E-state index is 12.2. The molecule has 21 heavy (non-hydrogen) atoms. The Morgan fingerprint density at radius 1 is 1.24 bits per heavy atom. The van der Waals surface area contributed by atoms with Crippen molar-refractivity contribution in [3.8, 4) is 0 Å². The molecule has 0 bridgehead atoms. The van der Waals surface area contributed by atoms with Crippen LogP contribution in [0.2, 0.25) is 0 Å². The lowest BCUT2D eigenvalue weighted by atomic mass is 10.2. The Hall–Kier alpha value is -1.58. The first-order chi connectivity index (χ1) is 9.95. The second-order valence-electron chi connectivity index (χ2n) is 4.92. The summed E-state index contributed by atoms with van der Waals surface area (Å²) in [6.07, 6.45) is 0.386. The molecule has 0 aliphatic heterocycles. The summed E-state index contributed by atoms with van der Waals surface area (Å²) in [4.78, 5) is 14.7. The van der Waals surface area contributed by atoms with Crippen molar-refractivity contribution in [1.82, 2.24) is 4.98 Å². The van der Waals surface area contributed by atoms with Crippen LogP contribution in [-0.2, 0) is 20.0 Å². The van der Waals surface area contributed by atoms with Gasteiger partial charge in [-0.05, 0) is 37.6 Å². The minimum Gasteiger partial charge on any atom is -0.461 e. The molecule has 1 unspecified atom stereocenters. The van der Waals surface area contributed by atoms with E-state index in [4.69, 9.17) is 9.26 Å². The fourth-order valence-corrected chi connectivity index (χ4v) is 3.75. The first-order valence-corrected chi connectivity index (χ1v) is 9.20. The Morgan fingerprint density at radius 2 is 2.00 bits per heavy atom. The Kier molecular flexibility index (Phi) is 4.86. The molecule has 1 heterocycles. The summed E-state index contributed by atoms with van der Waals surface area (Å²) < 4.78 is 22.5. The summed E-state index contributed by atoms with van der Waals surface area (Å²) in [7, 11) is -2.62. The summed E-state index contributed by atoms with van der Waals surface area (Å²) in [5.74, 6) is -0.370. The van der Waals surface area contributed by atoms with Crippen LogP contribution in [-0.4, -0.2) is 30.8 Å².